The molecule has 0 bridgehead atoms. The summed E-state index contributed by atoms with van der Waals surface area (Å²) in [5, 5.41) is 32.0. The number of nitrogens with zero attached hydrogens (tertiary/aromatic N) is 4. The van der Waals surface area contributed by atoms with E-state index < -0.39 is 5.97 Å². The second-order valence-corrected chi connectivity index (χ2v) is 7.73. The van der Waals surface area contributed by atoms with Crippen LogP contribution >= 0.6 is 0 Å². The minimum atomic E-state index is -1.11. The Hall–Kier alpha value is -4.78. The van der Waals surface area contributed by atoms with Crippen molar-refractivity contribution >= 4 is 38.7 Å². The third-order valence-electron chi connectivity index (χ3n) is 5.68. The van der Waals surface area contributed by atoms with Crippen LogP contribution in [0.15, 0.2) is 84.9 Å². The van der Waals surface area contributed by atoms with Gasteiger partial charge in [0, 0.05) is 10.9 Å². The summed E-state index contributed by atoms with van der Waals surface area (Å²) < 4.78 is 0. The summed E-state index contributed by atoms with van der Waals surface area (Å²) in [6.07, 6.45) is 0. The summed E-state index contributed by atoms with van der Waals surface area (Å²) in [5.41, 5.74) is 3.14. The lowest BCUT2D eigenvalue weighted by Gasteiger charge is -2.10. The minimum absolute atomic E-state index is 0.0352. The first-order valence-electron chi connectivity index (χ1n) is 10.3. The molecule has 6 aromatic rings. The number of carboxylic acid groups (broad SMARTS) is 1. The van der Waals surface area contributed by atoms with Gasteiger partial charge < -0.3 is 10.2 Å². The molecule has 0 radical (unpaired) electrons. The molecule has 0 saturated carbocycles. The molecule has 7 nitrogen and oxygen atoms in total. The molecule has 0 aliphatic rings. The fraction of sp³-hybridized carbons (Fsp3) is 0. The molecule has 0 aliphatic heterocycles. The molecule has 4 aromatic carbocycles. The van der Waals surface area contributed by atoms with Gasteiger partial charge in [-0.25, -0.2) is 9.78 Å². The zero-order chi connectivity index (χ0) is 22.5. The molecular formula is C26H16N4O3. The van der Waals surface area contributed by atoms with Crippen molar-refractivity contribution in [2.45, 2.75) is 0 Å². The molecule has 0 amide bonds. The fourth-order valence-corrected chi connectivity index (χ4v) is 4.12. The third kappa shape index (κ3) is 3.06. The second kappa shape index (κ2) is 7.13. The van der Waals surface area contributed by atoms with Crippen molar-refractivity contribution in [3.63, 3.8) is 0 Å². The van der Waals surface area contributed by atoms with Crippen LogP contribution in [-0.2, 0) is 0 Å². The van der Waals surface area contributed by atoms with Crippen LogP contribution in [0.2, 0.25) is 0 Å². The number of phenols is 1. The van der Waals surface area contributed by atoms with Gasteiger partial charge in [0.15, 0.2) is 0 Å². The molecule has 0 fully saturated rings. The van der Waals surface area contributed by atoms with Crippen LogP contribution in [0.4, 0.5) is 0 Å². The van der Waals surface area contributed by atoms with E-state index in [-0.39, 0.29) is 11.3 Å². The molecule has 2 N–H and O–H groups in total. The second-order valence-electron chi connectivity index (χ2n) is 7.73. The van der Waals surface area contributed by atoms with E-state index in [2.05, 4.69) is 15.2 Å². The number of rotatable bonds is 3. The van der Waals surface area contributed by atoms with Crippen LogP contribution in [0.25, 0.3) is 49.7 Å². The fourth-order valence-electron chi connectivity index (χ4n) is 4.12. The Labute approximate surface area is 187 Å². The molecule has 0 unspecified atom stereocenters. The summed E-state index contributed by atoms with van der Waals surface area (Å²) in [7, 11) is 0. The maximum Gasteiger partial charge on any atom is 0.336 e. The average molecular weight is 432 g/mol. The van der Waals surface area contributed by atoms with Gasteiger partial charge in [0.05, 0.1) is 22.5 Å². The highest BCUT2D eigenvalue weighted by molar-refractivity contribution is 6.14. The van der Waals surface area contributed by atoms with E-state index in [0.717, 1.165) is 16.5 Å². The van der Waals surface area contributed by atoms with Crippen LogP contribution in [0.5, 0.6) is 5.75 Å². The first kappa shape index (κ1) is 18.9. The van der Waals surface area contributed by atoms with Gasteiger partial charge >= 0.3 is 5.97 Å². The van der Waals surface area contributed by atoms with Gasteiger partial charge in [-0.2, -0.15) is 4.80 Å². The molecule has 0 aliphatic carbocycles. The Bertz CT molecular complexity index is 1710. The number of phenolic OH excluding ortho intramolecular Hbond substituents is 1. The number of hydrogen-bond donors (Lipinski definition) is 2. The highest BCUT2D eigenvalue weighted by Gasteiger charge is 2.20. The molecule has 33 heavy (non-hydrogen) atoms. The maximum atomic E-state index is 12.3. The first-order chi connectivity index (χ1) is 16.1. The summed E-state index contributed by atoms with van der Waals surface area (Å²) in [4.78, 5) is 18.4. The van der Waals surface area contributed by atoms with E-state index in [0.29, 0.717) is 33.2 Å². The van der Waals surface area contributed by atoms with E-state index in [1.165, 1.54) is 10.9 Å². The number of para-hydroxylation sites is 1. The Morgan fingerprint density at radius 3 is 2.24 bits per heavy atom. The molecule has 7 heteroatoms. The summed E-state index contributed by atoms with van der Waals surface area (Å²) in [5.74, 6) is -1.07. The maximum absolute atomic E-state index is 12.3. The normalized spacial score (nSPS) is 11.4. The van der Waals surface area contributed by atoms with Crippen molar-refractivity contribution in [3.05, 3.63) is 90.5 Å². The Balaban J connectivity index is 1.62. The number of aromatic carboxylic acids is 1. The highest BCUT2D eigenvalue weighted by Crippen LogP contribution is 2.35. The lowest BCUT2D eigenvalue weighted by molar-refractivity contribution is 0.0699. The van der Waals surface area contributed by atoms with E-state index in [9.17, 15) is 15.0 Å². The van der Waals surface area contributed by atoms with E-state index >= 15 is 0 Å². The van der Waals surface area contributed by atoms with Crippen molar-refractivity contribution in [2.75, 3.05) is 0 Å². The predicted molar refractivity (Wildman–Crippen MR) is 126 cm³/mol. The van der Waals surface area contributed by atoms with Gasteiger partial charge in [0.1, 0.15) is 16.8 Å². The number of fused-ring (bicyclic) bond motifs is 4. The molecule has 2 heterocycles. The van der Waals surface area contributed by atoms with Crippen LogP contribution in [-0.4, -0.2) is 36.2 Å². The quantitative estimate of drug-likeness (QED) is 0.399. The summed E-state index contributed by atoms with van der Waals surface area (Å²) >= 11 is 0. The van der Waals surface area contributed by atoms with E-state index in [4.69, 9.17) is 0 Å². The van der Waals surface area contributed by atoms with Crippen LogP contribution in [0, 0.1) is 0 Å². The van der Waals surface area contributed by atoms with Crippen molar-refractivity contribution in [1.29, 1.82) is 0 Å². The average Bonchev–Trinajstić information content (AvgIpc) is 3.28. The first-order valence-corrected chi connectivity index (χ1v) is 10.3. The van der Waals surface area contributed by atoms with Gasteiger partial charge in [-0.3, -0.25) is 0 Å². The van der Waals surface area contributed by atoms with Crippen molar-refractivity contribution in [3.8, 4) is 22.7 Å². The Morgan fingerprint density at radius 1 is 0.788 bits per heavy atom. The van der Waals surface area contributed by atoms with Gasteiger partial charge in [-0.05, 0) is 53.2 Å². The van der Waals surface area contributed by atoms with Crippen LogP contribution in [0.3, 0.4) is 0 Å². The molecule has 0 spiro atoms. The molecular weight excluding hydrogens is 416 g/mol. The molecule has 158 valence electrons. The lowest BCUT2D eigenvalue weighted by Crippen LogP contribution is -2.01. The summed E-state index contributed by atoms with van der Waals surface area (Å²) in [6.45, 7) is 0. The van der Waals surface area contributed by atoms with Crippen LogP contribution in [0.1, 0.15) is 10.4 Å². The molecule has 0 atom stereocenters. The molecule has 2 aromatic heterocycles. The highest BCUT2D eigenvalue weighted by atomic mass is 16.4. The van der Waals surface area contributed by atoms with Gasteiger partial charge in [0.2, 0.25) is 0 Å². The SMILES string of the molecule is O=C(O)c1cc(-c2cc3ccccc3cc2O)nc2ccc3nn(-c4ccccc4)nc3c12. The monoisotopic (exact) mass is 432 g/mol. The minimum Gasteiger partial charge on any atom is -0.507 e. The third-order valence-corrected chi connectivity index (χ3v) is 5.68. The zero-order valence-corrected chi connectivity index (χ0v) is 17.2. The predicted octanol–water partition coefficient (Wildman–Crippen LogP) is 5.19. The number of aromatic hydroxyl groups is 1. The Morgan fingerprint density at radius 2 is 1.48 bits per heavy atom. The molecule has 6 rings (SSSR count). The summed E-state index contributed by atoms with van der Waals surface area (Å²) in [6, 6.07) is 25.5. The van der Waals surface area contributed by atoms with Crippen molar-refractivity contribution < 1.29 is 15.0 Å². The standard InChI is InChI=1S/C26H16N4O3/c31-23-13-16-7-5-4-6-15(16)12-18(23)22-14-19(26(32)33)24-20(27-22)10-11-21-25(24)29-30(28-21)17-8-2-1-3-9-17/h1-14,31H,(H,32,33). The Kier molecular flexibility index (Phi) is 4.10. The topological polar surface area (TPSA) is 101 Å². The molecule has 0 saturated heterocycles. The number of hydrogen-bond acceptors (Lipinski definition) is 5. The number of aromatic nitrogens is 4. The van der Waals surface area contributed by atoms with Gasteiger partial charge in [-0.15, -0.1) is 10.2 Å². The number of pyridine rings is 1. The number of carboxylic acids is 1. The van der Waals surface area contributed by atoms with E-state index in [1.54, 1.807) is 18.2 Å². The zero-order valence-electron chi connectivity index (χ0n) is 17.2. The number of carbonyl (C=O) groups is 1. The van der Waals surface area contributed by atoms with Crippen molar-refractivity contribution in [1.82, 2.24) is 20.0 Å². The van der Waals surface area contributed by atoms with Crippen LogP contribution < -0.4 is 0 Å². The number of benzene rings is 4. The lowest BCUT2D eigenvalue weighted by atomic mass is 10.00. The smallest absolute Gasteiger partial charge is 0.336 e. The van der Waals surface area contributed by atoms with Crippen molar-refractivity contribution in [2.24, 2.45) is 0 Å². The van der Waals surface area contributed by atoms with E-state index in [1.807, 2.05) is 60.7 Å². The van der Waals surface area contributed by atoms with Gasteiger partial charge in [-0.1, -0.05) is 42.5 Å². The largest absolute Gasteiger partial charge is 0.507 e. The van der Waals surface area contributed by atoms with Gasteiger partial charge in [0.25, 0.3) is 0 Å².